The molecule has 2 aromatic heterocycles. The third-order valence-corrected chi connectivity index (χ3v) is 6.00. The molecule has 1 aliphatic heterocycles. The van der Waals surface area contributed by atoms with Crippen LogP contribution in [0.3, 0.4) is 0 Å². The maximum atomic E-state index is 9.79. The number of hydrogen-bond acceptors (Lipinski definition) is 7. The number of likely N-dealkylation sites (tertiary alicyclic amines) is 1. The number of nitrogens with zero attached hydrogens (tertiary/aromatic N) is 5. The predicted octanol–water partition coefficient (Wildman–Crippen LogP) is 3.74. The lowest BCUT2D eigenvalue weighted by Gasteiger charge is -2.43. The maximum absolute atomic E-state index is 9.79. The van der Waals surface area contributed by atoms with Crippen molar-refractivity contribution in [2.24, 2.45) is 0 Å². The van der Waals surface area contributed by atoms with Gasteiger partial charge in [0, 0.05) is 37.2 Å². The van der Waals surface area contributed by atoms with Crippen LogP contribution in [0.15, 0.2) is 18.7 Å². The van der Waals surface area contributed by atoms with Gasteiger partial charge in [-0.3, -0.25) is 4.90 Å². The van der Waals surface area contributed by atoms with Crippen molar-refractivity contribution in [3.05, 3.63) is 40.4 Å². The van der Waals surface area contributed by atoms with E-state index in [2.05, 4.69) is 50.1 Å². The van der Waals surface area contributed by atoms with Crippen molar-refractivity contribution in [2.75, 3.05) is 31.6 Å². The molecule has 2 N–H and O–H groups in total. The highest BCUT2D eigenvalue weighted by Crippen LogP contribution is 2.42. The fraction of sp³-hybridized carbons (Fsp3) is 0.455. The number of ether oxygens (including phenoxy) is 1. The minimum Gasteiger partial charge on any atom is -0.493 e. The van der Waals surface area contributed by atoms with Crippen molar-refractivity contribution in [1.29, 1.82) is 5.26 Å². The molecule has 3 heterocycles. The van der Waals surface area contributed by atoms with Crippen LogP contribution in [0.5, 0.6) is 5.75 Å². The first-order chi connectivity index (χ1) is 15.0. The monoisotopic (exact) mass is 439 g/mol. The summed E-state index contributed by atoms with van der Waals surface area (Å²) in [5.74, 6) is 1.75. The zero-order chi connectivity index (χ0) is 22.0. The summed E-state index contributed by atoms with van der Waals surface area (Å²) in [6, 6.07) is 4.65. The van der Waals surface area contributed by atoms with E-state index in [4.69, 9.17) is 16.3 Å². The van der Waals surface area contributed by atoms with Crippen LogP contribution in [-0.4, -0.2) is 57.1 Å². The van der Waals surface area contributed by atoms with E-state index in [-0.39, 0.29) is 5.92 Å². The number of aromatic nitrogens is 4. The Morgan fingerprint density at radius 3 is 2.87 bits per heavy atom. The molecule has 1 fully saturated rings. The maximum Gasteiger partial charge on any atom is 0.182 e. The topological polar surface area (TPSA) is 103 Å². The lowest BCUT2D eigenvalue weighted by Crippen LogP contribution is -2.49. The van der Waals surface area contributed by atoms with Crippen LogP contribution in [-0.2, 0) is 6.42 Å². The quantitative estimate of drug-likeness (QED) is 0.551. The van der Waals surface area contributed by atoms with Crippen molar-refractivity contribution < 1.29 is 4.74 Å². The van der Waals surface area contributed by atoms with Crippen LogP contribution in [0.25, 0.3) is 11.2 Å². The summed E-state index contributed by atoms with van der Waals surface area (Å²) in [6.07, 6.45) is 3.77. The highest BCUT2D eigenvalue weighted by Gasteiger charge is 2.35. The van der Waals surface area contributed by atoms with Gasteiger partial charge in [-0.1, -0.05) is 11.6 Å². The Labute approximate surface area is 186 Å². The first-order valence-electron chi connectivity index (χ1n) is 10.5. The number of imidazole rings is 1. The van der Waals surface area contributed by atoms with Gasteiger partial charge in [-0.05, 0) is 38.8 Å². The SMILES string of the molecule is CCOc1c(CCNc2ncnc3nc[nH]c23)cc(Cl)c(C#N)c1C1CN(C(C)C)C1. The highest BCUT2D eigenvalue weighted by atomic mass is 35.5. The van der Waals surface area contributed by atoms with Gasteiger partial charge in [0.05, 0.1) is 23.5 Å². The van der Waals surface area contributed by atoms with E-state index in [1.54, 1.807) is 6.33 Å². The number of nitrogens with one attached hydrogen (secondary N) is 2. The van der Waals surface area contributed by atoms with Crippen LogP contribution in [0, 0.1) is 11.3 Å². The average Bonchev–Trinajstić information content (AvgIpc) is 3.19. The summed E-state index contributed by atoms with van der Waals surface area (Å²) in [7, 11) is 0. The molecule has 0 aliphatic carbocycles. The minimum atomic E-state index is 0.246. The Morgan fingerprint density at radius 2 is 2.16 bits per heavy atom. The Kier molecular flexibility index (Phi) is 6.25. The second-order valence-corrected chi connectivity index (χ2v) is 8.33. The van der Waals surface area contributed by atoms with Gasteiger partial charge in [0.2, 0.25) is 0 Å². The van der Waals surface area contributed by atoms with Gasteiger partial charge in [0.1, 0.15) is 23.7 Å². The lowest BCUT2D eigenvalue weighted by atomic mass is 9.85. The molecular weight excluding hydrogens is 414 g/mol. The molecule has 0 atom stereocenters. The molecule has 0 amide bonds. The second-order valence-electron chi connectivity index (χ2n) is 7.92. The van der Waals surface area contributed by atoms with E-state index in [1.807, 2.05) is 13.0 Å². The molecule has 0 bridgehead atoms. The molecule has 9 heteroatoms. The molecule has 0 spiro atoms. The van der Waals surface area contributed by atoms with Crippen LogP contribution in [0.1, 0.15) is 43.4 Å². The number of benzene rings is 1. The number of rotatable bonds is 8. The van der Waals surface area contributed by atoms with Crippen LogP contribution in [0.2, 0.25) is 5.02 Å². The summed E-state index contributed by atoms with van der Waals surface area (Å²) in [6.45, 7) is 9.29. The minimum absolute atomic E-state index is 0.246. The van der Waals surface area contributed by atoms with E-state index in [0.29, 0.717) is 47.7 Å². The molecule has 3 aromatic rings. The van der Waals surface area contributed by atoms with Gasteiger partial charge in [-0.25, -0.2) is 15.0 Å². The Bertz CT molecular complexity index is 1110. The Morgan fingerprint density at radius 1 is 1.35 bits per heavy atom. The molecule has 0 unspecified atom stereocenters. The van der Waals surface area contributed by atoms with Crippen LogP contribution in [0.4, 0.5) is 5.82 Å². The molecule has 1 aromatic carbocycles. The second kappa shape index (κ2) is 9.08. The largest absolute Gasteiger partial charge is 0.493 e. The van der Waals surface area contributed by atoms with E-state index in [1.165, 1.54) is 6.33 Å². The number of halogens is 1. The average molecular weight is 440 g/mol. The van der Waals surface area contributed by atoms with E-state index in [0.717, 1.165) is 35.5 Å². The van der Waals surface area contributed by atoms with Crippen molar-refractivity contribution in [3.8, 4) is 11.8 Å². The number of H-pyrrole nitrogens is 1. The summed E-state index contributed by atoms with van der Waals surface area (Å²) >= 11 is 6.54. The molecule has 8 nitrogen and oxygen atoms in total. The van der Waals surface area contributed by atoms with Gasteiger partial charge in [-0.2, -0.15) is 5.26 Å². The van der Waals surface area contributed by atoms with E-state index < -0.39 is 0 Å². The number of nitriles is 1. The molecule has 162 valence electrons. The third kappa shape index (κ3) is 4.16. The molecule has 0 saturated carbocycles. The number of aromatic amines is 1. The Hall–Kier alpha value is -2.89. The van der Waals surface area contributed by atoms with Crippen molar-refractivity contribution in [1.82, 2.24) is 24.8 Å². The molecule has 31 heavy (non-hydrogen) atoms. The Balaban J connectivity index is 1.59. The van der Waals surface area contributed by atoms with Crippen molar-refractivity contribution >= 4 is 28.6 Å². The van der Waals surface area contributed by atoms with Crippen molar-refractivity contribution in [3.63, 3.8) is 0 Å². The molecule has 1 saturated heterocycles. The van der Waals surface area contributed by atoms with Crippen molar-refractivity contribution in [2.45, 2.75) is 39.2 Å². The zero-order valence-electron chi connectivity index (χ0n) is 17.9. The first-order valence-corrected chi connectivity index (χ1v) is 10.9. The molecular formula is C22H26ClN7O. The van der Waals surface area contributed by atoms with Crippen LogP contribution < -0.4 is 10.1 Å². The first kappa shape index (κ1) is 21.3. The molecule has 4 rings (SSSR count). The molecule has 0 radical (unpaired) electrons. The third-order valence-electron chi connectivity index (χ3n) is 5.70. The zero-order valence-corrected chi connectivity index (χ0v) is 18.7. The number of anilines is 1. The standard InChI is InChI=1S/C22H26ClN7O/c1-4-31-20-14(5-6-25-21-19-22(27-11-26-19)29-12-28-21)7-17(23)16(8-24)18(20)15-9-30(10-15)13(2)3/h7,11-13,15H,4-6,9-10H2,1-3H3,(H2,25,26,27,28,29). The summed E-state index contributed by atoms with van der Waals surface area (Å²) in [5, 5.41) is 13.6. The van der Waals surface area contributed by atoms with Gasteiger partial charge >= 0.3 is 0 Å². The van der Waals surface area contributed by atoms with Gasteiger partial charge in [-0.15, -0.1) is 0 Å². The summed E-state index contributed by atoms with van der Waals surface area (Å²) in [5.41, 5.74) is 3.86. The number of fused-ring (bicyclic) bond motifs is 1. The van der Waals surface area contributed by atoms with Gasteiger partial charge in [0.25, 0.3) is 0 Å². The summed E-state index contributed by atoms with van der Waals surface area (Å²) < 4.78 is 6.08. The smallest absolute Gasteiger partial charge is 0.182 e. The lowest BCUT2D eigenvalue weighted by molar-refractivity contribution is 0.108. The predicted molar refractivity (Wildman–Crippen MR) is 121 cm³/mol. The normalized spacial score (nSPS) is 14.6. The number of hydrogen-bond donors (Lipinski definition) is 2. The fourth-order valence-corrected chi connectivity index (χ4v) is 4.32. The fourth-order valence-electron chi connectivity index (χ4n) is 4.04. The van der Waals surface area contributed by atoms with E-state index in [9.17, 15) is 5.26 Å². The van der Waals surface area contributed by atoms with Crippen LogP contribution >= 0.6 is 11.6 Å². The molecule has 1 aliphatic rings. The van der Waals surface area contributed by atoms with Gasteiger partial charge in [0.15, 0.2) is 11.5 Å². The van der Waals surface area contributed by atoms with E-state index >= 15 is 0 Å². The van der Waals surface area contributed by atoms with Gasteiger partial charge < -0.3 is 15.0 Å². The highest BCUT2D eigenvalue weighted by molar-refractivity contribution is 6.32. The summed E-state index contributed by atoms with van der Waals surface area (Å²) in [4.78, 5) is 18.0.